The van der Waals surface area contributed by atoms with Gasteiger partial charge < -0.3 is 9.64 Å². The summed E-state index contributed by atoms with van der Waals surface area (Å²) in [5, 5.41) is 10.4. The molecule has 0 saturated carbocycles. The summed E-state index contributed by atoms with van der Waals surface area (Å²) in [5.41, 5.74) is 2.08. The van der Waals surface area contributed by atoms with E-state index in [-0.39, 0.29) is 11.3 Å². The van der Waals surface area contributed by atoms with E-state index in [1.54, 1.807) is 0 Å². The van der Waals surface area contributed by atoms with Gasteiger partial charge in [-0.1, -0.05) is 20.8 Å². The standard InChI is InChI=1S/C19H25N3O2S/c1-13-9-15(25-12-13)18(23)22-8-7-14(10-22)11-24-17-6-5-16(20-21-17)19(2,3)4/h5-6,9,12,14H,7-8,10-11H2,1-4H3. The van der Waals surface area contributed by atoms with Crippen LogP contribution in [0.2, 0.25) is 0 Å². The van der Waals surface area contributed by atoms with E-state index < -0.39 is 0 Å². The molecule has 1 aliphatic rings. The molecule has 1 amide bonds. The van der Waals surface area contributed by atoms with Crippen LogP contribution in [0.3, 0.4) is 0 Å². The Bertz CT molecular complexity index is 734. The Morgan fingerprint density at radius 2 is 2.16 bits per heavy atom. The molecule has 5 nitrogen and oxygen atoms in total. The van der Waals surface area contributed by atoms with Gasteiger partial charge in [0.1, 0.15) is 0 Å². The maximum atomic E-state index is 12.5. The van der Waals surface area contributed by atoms with Gasteiger partial charge >= 0.3 is 0 Å². The molecular weight excluding hydrogens is 334 g/mol. The number of carbonyl (C=O) groups excluding carboxylic acids is 1. The number of nitrogens with zero attached hydrogens (tertiary/aromatic N) is 3. The van der Waals surface area contributed by atoms with Gasteiger partial charge in [-0.2, -0.15) is 5.10 Å². The van der Waals surface area contributed by atoms with Gasteiger partial charge in [0.25, 0.3) is 5.91 Å². The molecule has 2 aromatic heterocycles. The summed E-state index contributed by atoms with van der Waals surface area (Å²) in [7, 11) is 0. The number of aromatic nitrogens is 2. The molecule has 2 aromatic rings. The SMILES string of the molecule is Cc1csc(C(=O)N2CCC(COc3ccc(C(C)(C)C)nn3)C2)c1. The van der Waals surface area contributed by atoms with Crippen molar-refractivity contribution in [2.24, 2.45) is 5.92 Å². The number of hydrogen-bond donors (Lipinski definition) is 0. The van der Waals surface area contributed by atoms with Gasteiger partial charge in [-0.15, -0.1) is 16.4 Å². The number of amides is 1. The summed E-state index contributed by atoms with van der Waals surface area (Å²) in [5.74, 6) is 1.02. The highest BCUT2D eigenvalue weighted by Gasteiger charge is 2.28. The third kappa shape index (κ3) is 4.37. The van der Waals surface area contributed by atoms with Gasteiger partial charge in [0.05, 0.1) is 17.2 Å². The average molecular weight is 359 g/mol. The molecule has 3 heterocycles. The zero-order valence-corrected chi connectivity index (χ0v) is 16.1. The van der Waals surface area contributed by atoms with E-state index in [9.17, 15) is 4.79 Å². The van der Waals surface area contributed by atoms with E-state index in [0.29, 0.717) is 18.4 Å². The topological polar surface area (TPSA) is 55.3 Å². The molecule has 1 unspecified atom stereocenters. The molecule has 6 heteroatoms. The van der Waals surface area contributed by atoms with Crippen molar-refractivity contribution in [2.75, 3.05) is 19.7 Å². The minimum atomic E-state index is -0.0159. The molecule has 134 valence electrons. The highest BCUT2D eigenvalue weighted by Crippen LogP contribution is 2.23. The monoisotopic (exact) mass is 359 g/mol. The number of ether oxygens (including phenoxy) is 1. The van der Waals surface area contributed by atoms with Crippen LogP contribution in [-0.2, 0) is 5.41 Å². The fourth-order valence-electron chi connectivity index (χ4n) is 2.85. The fraction of sp³-hybridized carbons (Fsp3) is 0.526. The highest BCUT2D eigenvalue weighted by molar-refractivity contribution is 7.12. The summed E-state index contributed by atoms with van der Waals surface area (Å²) in [6.45, 7) is 10.4. The molecular formula is C19H25N3O2S. The Morgan fingerprint density at radius 1 is 1.36 bits per heavy atom. The lowest BCUT2D eigenvalue weighted by atomic mass is 9.92. The van der Waals surface area contributed by atoms with E-state index in [2.05, 4.69) is 31.0 Å². The second kappa shape index (κ2) is 7.12. The lowest BCUT2D eigenvalue weighted by Crippen LogP contribution is -2.29. The number of thiophene rings is 1. The predicted octanol–water partition coefficient (Wildman–Crippen LogP) is 3.69. The van der Waals surface area contributed by atoms with Gasteiger partial charge in [-0.3, -0.25) is 4.79 Å². The molecule has 0 spiro atoms. The van der Waals surface area contributed by atoms with Gasteiger partial charge in [-0.05, 0) is 36.4 Å². The van der Waals surface area contributed by atoms with E-state index in [4.69, 9.17) is 4.74 Å². The second-order valence-corrected chi connectivity index (χ2v) is 8.62. The van der Waals surface area contributed by atoms with Crippen molar-refractivity contribution < 1.29 is 9.53 Å². The van der Waals surface area contributed by atoms with Crippen LogP contribution in [0.4, 0.5) is 0 Å². The number of hydrogen-bond acceptors (Lipinski definition) is 5. The summed E-state index contributed by atoms with van der Waals surface area (Å²) in [6.07, 6.45) is 0.962. The lowest BCUT2D eigenvalue weighted by molar-refractivity contribution is 0.0787. The van der Waals surface area contributed by atoms with Crippen LogP contribution in [0.25, 0.3) is 0 Å². The minimum Gasteiger partial charge on any atom is -0.476 e. The molecule has 1 atom stereocenters. The maximum absolute atomic E-state index is 12.5. The zero-order chi connectivity index (χ0) is 18.0. The number of likely N-dealkylation sites (tertiary alicyclic amines) is 1. The third-order valence-electron chi connectivity index (χ3n) is 4.39. The zero-order valence-electron chi connectivity index (χ0n) is 15.3. The quantitative estimate of drug-likeness (QED) is 0.835. The van der Waals surface area contributed by atoms with Crippen molar-refractivity contribution in [3.8, 4) is 5.88 Å². The van der Waals surface area contributed by atoms with Crippen LogP contribution in [0.5, 0.6) is 5.88 Å². The highest BCUT2D eigenvalue weighted by atomic mass is 32.1. The third-order valence-corrected chi connectivity index (χ3v) is 5.43. The predicted molar refractivity (Wildman–Crippen MR) is 99.3 cm³/mol. The van der Waals surface area contributed by atoms with E-state index in [1.165, 1.54) is 11.3 Å². The Labute approximate surface area is 153 Å². The lowest BCUT2D eigenvalue weighted by Gasteiger charge is -2.17. The summed E-state index contributed by atoms with van der Waals surface area (Å²) < 4.78 is 5.79. The largest absolute Gasteiger partial charge is 0.476 e. The first-order valence-corrected chi connectivity index (χ1v) is 9.52. The summed E-state index contributed by atoms with van der Waals surface area (Å²) in [4.78, 5) is 15.2. The van der Waals surface area contributed by atoms with E-state index >= 15 is 0 Å². The van der Waals surface area contributed by atoms with Gasteiger partial charge in [-0.25, -0.2) is 0 Å². The Morgan fingerprint density at radius 3 is 2.76 bits per heavy atom. The fourth-order valence-corrected chi connectivity index (χ4v) is 3.72. The first-order valence-electron chi connectivity index (χ1n) is 8.64. The van der Waals surface area contributed by atoms with E-state index in [1.807, 2.05) is 35.4 Å². The molecule has 1 saturated heterocycles. The first-order chi connectivity index (χ1) is 11.8. The van der Waals surface area contributed by atoms with Crippen molar-refractivity contribution in [3.05, 3.63) is 39.7 Å². The van der Waals surface area contributed by atoms with Gasteiger partial charge in [0.2, 0.25) is 5.88 Å². The van der Waals surface area contributed by atoms with E-state index in [0.717, 1.165) is 35.6 Å². The molecule has 0 aromatic carbocycles. The molecule has 25 heavy (non-hydrogen) atoms. The van der Waals surface area contributed by atoms with Crippen LogP contribution in [0.1, 0.15) is 48.1 Å². The van der Waals surface area contributed by atoms with Crippen LogP contribution in [0.15, 0.2) is 23.6 Å². The molecule has 0 aliphatic carbocycles. The molecule has 0 bridgehead atoms. The molecule has 1 aliphatic heterocycles. The normalized spacial score (nSPS) is 17.8. The molecule has 1 fully saturated rings. The Hall–Kier alpha value is -1.95. The minimum absolute atomic E-state index is 0.0159. The van der Waals surface area contributed by atoms with Gasteiger partial charge in [0, 0.05) is 30.5 Å². The average Bonchev–Trinajstić information content (AvgIpc) is 3.21. The van der Waals surface area contributed by atoms with Crippen molar-refractivity contribution in [1.29, 1.82) is 0 Å². The van der Waals surface area contributed by atoms with Crippen LogP contribution < -0.4 is 4.74 Å². The number of rotatable bonds is 4. The van der Waals surface area contributed by atoms with Crippen molar-refractivity contribution in [1.82, 2.24) is 15.1 Å². The maximum Gasteiger partial charge on any atom is 0.263 e. The van der Waals surface area contributed by atoms with Crippen LogP contribution >= 0.6 is 11.3 Å². The number of carbonyl (C=O) groups is 1. The van der Waals surface area contributed by atoms with Crippen molar-refractivity contribution in [3.63, 3.8) is 0 Å². The molecule has 0 N–H and O–H groups in total. The summed E-state index contributed by atoms with van der Waals surface area (Å²) in [6, 6.07) is 5.80. The van der Waals surface area contributed by atoms with Crippen molar-refractivity contribution >= 4 is 17.2 Å². The molecule has 3 rings (SSSR count). The number of aryl methyl sites for hydroxylation is 1. The van der Waals surface area contributed by atoms with Crippen molar-refractivity contribution in [2.45, 2.75) is 39.5 Å². The first kappa shape index (κ1) is 17.9. The molecule has 0 radical (unpaired) electrons. The Balaban J connectivity index is 1.51. The smallest absolute Gasteiger partial charge is 0.263 e. The van der Waals surface area contributed by atoms with Crippen LogP contribution in [-0.4, -0.2) is 40.7 Å². The van der Waals surface area contributed by atoms with Gasteiger partial charge in [0.15, 0.2) is 0 Å². The summed E-state index contributed by atoms with van der Waals surface area (Å²) >= 11 is 1.52. The second-order valence-electron chi connectivity index (χ2n) is 7.71. The Kier molecular flexibility index (Phi) is 5.08. The van der Waals surface area contributed by atoms with Crippen LogP contribution in [0, 0.1) is 12.8 Å².